The van der Waals surface area contributed by atoms with Gasteiger partial charge in [-0.25, -0.2) is 4.98 Å². The summed E-state index contributed by atoms with van der Waals surface area (Å²) in [5.41, 5.74) is 1.61. The van der Waals surface area contributed by atoms with Gasteiger partial charge < -0.3 is 10.2 Å². The standard InChI is InChI=1S/C15H16N4/c1-17-13-6-7-19(10-13)15-12(9-16)8-11-4-2-3-5-14(11)18-15/h2-5,8,13,17H,6-7,10H2,1H3. The van der Waals surface area contributed by atoms with Crippen LogP contribution in [0, 0.1) is 11.3 Å². The van der Waals surface area contributed by atoms with Gasteiger partial charge in [-0.05, 0) is 25.6 Å². The largest absolute Gasteiger partial charge is 0.354 e. The lowest BCUT2D eigenvalue weighted by Crippen LogP contribution is -2.30. The van der Waals surface area contributed by atoms with Crippen molar-refractivity contribution >= 4 is 16.7 Å². The number of rotatable bonds is 2. The number of nitriles is 1. The highest BCUT2D eigenvalue weighted by atomic mass is 15.2. The van der Waals surface area contributed by atoms with E-state index in [9.17, 15) is 5.26 Å². The Balaban J connectivity index is 2.05. The topological polar surface area (TPSA) is 52.0 Å². The van der Waals surface area contributed by atoms with Gasteiger partial charge in [0.05, 0.1) is 11.1 Å². The number of hydrogen-bond acceptors (Lipinski definition) is 4. The molecular formula is C15H16N4. The third-order valence-corrected chi connectivity index (χ3v) is 3.72. The fourth-order valence-electron chi connectivity index (χ4n) is 2.62. The molecule has 2 heterocycles. The van der Waals surface area contributed by atoms with Crippen LogP contribution in [-0.2, 0) is 0 Å². The van der Waals surface area contributed by atoms with Crippen molar-refractivity contribution in [3.05, 3.63) is 35.9 Å². The van der Waals surface area contributed by atoms with E-state index in [1.807, 2.05) is 37.4 Å². The molecule has 1 aliphatic heterocycles. The summed E-state index contributed by atoms with van der Waals surface area (Å²) in [6.45, 7) is 1.86. The van der Waals surface area contributed by atoms with Crippen LogP contribution in [0.1, 0.15) is 12.0 Å². The maximum Gasteiger partial charge on any atom is 0.147 e. The molecule has 1 fully saturated rings. The second-order valence-corrected chi connectivity index (χ2v) is 4.88. The smallest absolute Gasteiger partial charge is 0.147 e. The number of fused-ring (bicyclic) bond motifs is 1. The van der Waals surface area contributed by atoms with Crippen LogP contribution in [0.4, 0.5) is 5.82 Å². The molecule has 1 saturated heterocycles. The lowest BCUT2D eigenvalue weighted by Gasteiger charge is -2.19. The summed E-state index contributed by atoms with van der Waals surface area (Å²) in [4.78, 5) is 6.87. The van der Waals surface area contributed by atoms with E-state index in [0.717, 1.165) is 36.2 Å². The fourth-order valence-corrected chi connectivity index (χ4v) is 2.62. The van der Waals surface area contributed by atoms with Crippen molar-refractivity contribution in [2.75, 3.05) is 25.0 Å². The quantitative estimate of drug-likeness (QED) is 0.887. The number of pyridine rings is 1. The van der Waals surface area contributed by atoms with E-state index >= 15 is 0 Å². The predicted octanol–water partition coefficient (Wildman–Crippen LogP) is 1.90. The van der Waals surface area contributed by atoms with Gasteiger partial charge in [-0.2, -0.15) is 5.26 Å². The maximum atomic E-state index is 9.33. The van der Waals surface area contributed by atoms with Gasteiger partial charge in [-0.1, -0.05) is 18.2 Å². The molecular weight excluding hydrogens is 236 g/mol. The minimum Gasteiger partial charge on any atom is -0.354 e. The van der Waals surface area contributed by atoms with Gasteiger partial charge in [0.2, 0.25) is 0 Å². The molecule has 1 unspecified atom stereocenters. The number of benzene rings is 1. The highest BCUT2D eigenvalue weighted by Gasteiger charge is 2.24. The first kappa shape index (κ1) is 11.9. The molecule has 0 saturated carbocycles. The fraction of sp³-hybridized carbons (Fsp3) is 0.333. The van der Waals surface area contributed by atoms with Gasteiger partial charge in [-0.15, -0.1) is 0 Å². The Morgan fingerprint density at radius 2 is 2.26 bits per heavy atom. The first-order valence-electron chi connectivity index (χ1n) is 6.54. The lowest BCUT2D eigenvalue weighted by molar-refractivity contribution is 0.616. The average Bonchev–Trinajstić information content (AvgIpc) is 2.94. The van der Waals surface area contributed by atoms with Crippen LogP contribution in [0.3, 0.4) is 0 Å². The summed E-state index contributed by atoms with van der Waals surface area (Å²) < 4.78 is 0. The monoisotopic (exact) mass is 252 g/mol. The zero-order valence-electron chi connectivity index (χ0n) is 10.9. The van der Waals surface area contributed by atoms with E-state index in [0.29, 0.717) is 11.6 Å². The minimum absolute atomic E-state index is 0.486. The van der Waals surface area contributed by atoms with Crippen LogP contribution in [0.5, 0.6) is 0 Å². The second-order valence-electron chi connectivity index (χ2n) is 4.88. The molecule has 1 atom stereocenters. The summed E-state index contributed by atoms with van der Waals surface area (Å²) in [5, 5.41) is 13.6. The van der Waals surface area contributed by atoms with Gasteiger partial charge in [-0.3, -0.25) is 0 Å². The minimum atomic E-state index is 0.486. The molecule has 1 aliphatic rings. The van der Waals surface area contributed by atoms with Crippen molar-refractivity contribution in [1.29, 1.82) is 5.26 Å². The van der Waals surface area contributed by atoms with Crippen molar-refractivity contribution in [3.8, 4) is 6.07 Å². The number of likely N-dealkylation sites (N-methyl/N-ethyl adjacent to an activating group) is 1. The molecule has 1 N–H and O–H groups in total. The molecule has 2 aromatic rings. The number of aromatic nitrogens is 1. The first-order valence-corrected chi connectivity index (χ1v) is 6.54. The zero-order chi connectivity index (χ0) is 13.2. The molecule has 3 rings (SSSR count). The molecule has 4 nitrogen and oxygen atoms in total. The lowest BCUT2D eigenvalue weighted by atomic mass is 10.1. The molecule has 1 aromatic heterocycles. The molecule has 0 aliphatic carbocycles. The SMILES string of the molecule is CNC1CCN(c2nc3ccccc3cc2C#N)C1. The Morgan fingerprint density at radius 3 is 3.00 bits per heavy atom. The van der Waals surface area contributed by atoms with Crippen LogP contribution >= 0.6 is 0 Å². The number of para-hydroxylation sites is 1. The molecule has 0 bridgehead atoms. The van der Waals surface area contributed by atoms with Crippen molar-refractivity contribution in [3.63, 3.8) is 0 Å². The van der Waals surface area contributed by atoms with Crippen LogP contribution in [-0.4, -0.2) is 31.2 Å². The number of anilines is 1. The average molecular weight is 252 g/mol. The normalized spacial score (nSPS) is 18.7. The van der Waals surface area contributed by atoms with Gasteiger partial charge in [0.25, 0.3) is 0 Å². The maximum absolute atomic E-state index is 9.33. The molecule has 0 amide bonds. The van der Waals surface area contributed by atoms with E-state index in [1.165, 1.54) is 0 Å². The van der Waals surface area contributed by atoms with Crippen LogP contribution in [0.25, 0.3) is 10.9 Å². The Kier molecular flexibility index (Phi) is 3.06. The highest BCUT2D eigenvalue weighted by Crippen LogP contribution is 2.25. The molecule has 19 heavy (non-hydrogen) atoms. The molecule has 0 radical (unpaired) electrons. The van der Waals surface area contributed by atoms with E-state index in [1.54, 1.807) is 0 Å². The Morgan fingerprint density at radius 1 is 1.42 bits per heavy atom. The van der Waals surface area contributed by atoms with Gasteiger partial charge in [0, 0.05) is 24.5 Å². The summed E-state index contributed by atoms with van der Waals surface area (Å²) in [6, 6.07) is 12.6. The van der Waals surface area contributed by atoms with Crippen molar-refractivity contribution in [1.82, 2.24) is 10.3 Å². The predicted molar refractivity (Wildman–Crippen MR) is 76.1 cm³/mol. The number of nitrogens with one attached hydrogen (secondary N) is 1. The van der Waals surface area contributed by atoms with Crippen molar-refractivity contribution in [2.45, 2.75) is 12.5 Å². The first-order chi connectivity index (χ1) is 9.31. The van der Waals surface area contributed by atoms with E-state index in [2.05, 4.69) is 21.3 Å². The third-order valence-electron chi connectivity index (χ3n) is 3.72. The second kappa shape index (κ2) is 4.87. The van der Waals surface area contributed by atoms with E-state index < -0.39 is 0 Å². The Bertz CT molecular complexity index is 644. The molecule has 96 valence electrons. The van der Waals surface area contributed by atoms with Gasteiger partial charge >= 0.3 is 0 Å². The van der Waals surface area contributed by atoms with Crippen molar-refractivity contribution < 1.29 is 0 Å². The number of hydrogen-bond donors (Lipinski definition) is 1. The zero-order valence-corrected chi connectivity index (χ0v) is 10.9. The summed E-state index contributed by atoms with van der Waals surface area (Å²) in [6.07, 6.45) is 1.09. The molecule has 0 spiro atoms. The summed E-state index contributed by atoms with van der Waals surface area (Å²) >= 11 is 0. The highest BCUT2D eigenvalue weighted by molar-refractivity contribution is 5.83. The molecule has 1 aromatic carbocycles. The summed E-state index contributed by atoms with van der Waals surface area (Å²) in [7, 11) is 1.98. The third kappa shape index (κ3) is 2.13. The Labute approximate surface area is 112 Å². The van der Waals surface area contributed by atoms with E-state index in [4.69, 9.17) is 0 Å². The van der Waals surface area contributed by atoms with E-state index in [-0.39, 0.29) is 0 Å². The van der Waals surface area contributed by atoms with Crippen LogP contribution in [0.15, 0.2) is 30.3 Å². The Hall–Kier alpha value is -2.12. The van der Waals surface area contributed by atoms with Gasteiger partial charge in [0.15, 0.2) is 0 Å². The molecule has 4 heteroatoms. The summed E-state index contributed by atoms with van der Waals surface area (Å²) in [5.74, 6) is 0.818. The van der Waals surface area contributed by atoms with Crippen LogP contribution in [0.2, 0.25) is 0 Å². The van der Waals surface area contributed by atoms with Gasteiger partial charge in [0.1, 0.15) is 11.9 Å². The number of nitrogens with zero attached hydrogens (tertiary/aromatic N) is 3. The van der Waals surface area contributed by atoms with Crippen LogP contribution < -0.4 is 10.2 Å². The van der Waals surface area contributed by atoms with Crippen molar-refractivity contribution in [2.24, 2.45) is 0 Å².